The molecule has 3 N–H and O–H groups in total. The maximum absolute atomic E-state index is 12.9. The van der Waals surface area contributed by atoms with Crippen molar-refractivity contribution in [2.45, 2.75) is 6.54 Å². The van der Waals surface area contributed by atoms with Crippen molar-refractivity contribution in [3.8, 4) is 10.6 Å². The lowest BCUT2D eigenvalue weighted by Crippen LogP contribution is -2.27. The number of thiophene rings is 1. The number of nitrogens with one attached hydrogen (secondary N) is 3. The summed E-state index contributed by atoms with van der Waals surface area (Å²) < 4.78 is 12.9. The molecule has 0 bridgehead atoms. The van der Waals surface area contributed by atoms with Crippen molar-refractivity contribution < 1.29 is 9.18 Å². The van der Waals surface area contributed by atoms with Gasteiger partial charge in [-0.15, -0.1) is 11.3 Å². The maximum Gasteiger partial charge on any atom is 0.320 e. The van der Waals surface area contributed by atoms with Gasteiger partial charge in [0.05, 0.1) is 15.6 Å². The molecule has 0 saturated carbocycles. The van der Waals surface area contributed by atoms with E-state index in [1.807, 2.05) is 18.2 Å². The van der Waals surface area contributed by atoms with Gasteiger partial charge in [0.15, 0.2) is 0 Å². The van der Waals surface area contributed by atoms with Gasteiger partial charge < -0.3 is 10.6 Å². The van der Waals surface area contributed by atoms with E-state index in [1.54, 1.807) is 25.4 Å². The van der Waals surface area contributed by atoms with E-state index in [-0.39, 0.29) is 11.8 Å². The van der Waals surface area contributed by atoms with Crippen molar-refractivity contribution in [3.63, 3.8) is 0 Å². The van der Waals surface area contributed by atoms with Crippen LogP contribution in [0, 0.1) is 5.82 Å². The number of nitrogens with zero attached hydrogens (tertiary/aromatic N) is 2. The molecule has 2 heterocycles. The van der Waals surface area contributed by atoms with E-state index in [2.05, 4.69) is 25.9 Å². The quantitative estimate of drug-likeness (QED) is 0.650. The topological polar surface area (TPSA) is 78.9 Å². The van der Waals surface area contributed by atoms with E-state index in [1.165, 1.54) is 23.5 Å². The number of carbonyl (C=O) groups is 1. The molecule has 128 valence electrons. The highest BCUT2D eigenvalue weighted by molar-refractivity contribution is 7.19. The minimum atomic E-state index is -0.323. The van der Waals surface area contributed by atoms with Gasteiger partial charge in [-0.1, -0.05) is 12.1 Å². The van der Waals surface area contributed by atoms with Crippen molar-refractivity contribution >= 4 is 28.3 Å². The third-order valence-corrected chi connectivity index (χ3v) is 4.36. The minimum absolute atomic E-state index is 0.300. The molecule has 25 heavy (non-hydrogen) atoms. The van der Waals surface area contributed by atoms with E-state index in [9.17, 15) is 9.18 Å². The summed E-state index contributed by atoms with van der Waals surface area (Å²) in [4.78, 5) is 21.3. The fourth-order valence-corrected chi connectivity index (χ4v) is 2.97. The smallest absolute Gasteiger partial charge is 0.320 e. The molecule has 0 aliphatic heterocycles. The zero-order valence-electron chi connectivity index (χ0n) is 13.4. The van der Waals surface area contributed by atoms with E-state index < -0.39 is 0 Å². The number of hydrogen-bond donors (Lipinski definition) is 3. The Kier molecular flexibility index (Phi) is 5.20. The number of amides is 2. The number of aromatic nitrogens is 2. The molecule has 0 saturated heterocycles. The second kappa shape index (κ2) is 7.71. The number of benzene rings is 1. The number of urea groups is 1. The summed E-state index contributed by atoms with van der Waals surface area (Å²) in [6.07, 6.45) is 1.68. The summed E-state index contributed by atoms with van der Waals surface area (Å²) in [5.74, 6) is 0.239. The molecule has 3 aromatic rings. The molecule has 0 aliphatic carbocycles. The maximum atomic E-state index is 12.9. The highest BCUT2D eigenvalue weighted by Gasteiger charge is 2.08. The van der Waals surface area contributed by atoms with Gasteiger partial charge in [-0.05, 0) is 35.9 Å². The van der Waals surface area contributed by atoms with Crippen LogP contribution in [-0.2, 0) is 6.54 Å². The van der Waals surface area contributed by atoms with Crippen LogP contribution in [0.25, 0.3) is 10.6 Å². The molecule has 0 atom stereocenters. The molecule has 0 aliphatic rings. The Hall–Kier alpha value is -3.00. The number of carbonyl (C=O) groups excluding carboxylic acids is 1. The predicted octanol–water partition coefficient (Wildman–Crippen LogP) is 3.71. The van der Waals surface area contributed by atoms with Gasteiger partial charge in [-0.25, -0.2) is 19.2 Å². The van der Waals surface area contributed by atoms with Crippen LogP contribution in [0.15, 0.2) is 48.7 Å². The number of anilines is 2. The predicted molar refractivity (Wildman–Crippen MR) is 97.2 cm³/mol. The minimum Gasteiger partial charge on any atom is -0.357 e. The third kappa shape index (κ3) is 4.51. The van der Waals surface area contributed by atoms with Crippen LogP contribution in [0.3, 0.4) is 0 Å². The molecule has 8 heteroatoms. The Morgan fingerprint density at radius 3 is 2.72 bits per heavy atom. The van der Waals surface area contributed by atoms with Crippen LogP contribution >= 0.6 is 11.3 Å². The van der Waals surface area contributed by atoms with E-state index in [0.29, 0.717) is 17.5 Å². The Labute approximate surface area is 148 Å². The zero-order chi connectivity index (χ0) is 17.6. The molecule has 0 radical (unpaired) electrons. The van der Waals surface area contributed by atoms with Gasteiger partial charge in [-0.3, -0.25) is 5.32 Å². The lowest BCUT2D eigenvalue weighted by Gasteiger charge is -2.06. The van der Waals surface area contributed by atoms with Crippen molar-refractivity contribution in [2.24, 2.45) is 0 Å². The van der Waals surface area contributed by atoms with E-state index in [0.717, 1.165) is 16.1 Å². The van der Waals surface area contributed by atoms with Gasteiger partial charge in [-0.2, -0.15) is 0 Å². The molecular weight excluding hydrogens is 341 g/mol. The van der Waals surface area contributed by atoms with Crippen LogP contribution in [-0.4, -0.2) is 23.0 Å². The Bertz CT molecular complexity index is 865. The second-order valence-corrected chi connectivity index (χ2v) is 6.20. The standard InChI is InChI=1S/C17H16FN5OS/c1-19-16-20-9-8-13(22-16)14-6-7-15(25-14)23-17(24)21-10-11-2-4-12(18)5-3-11/h2-9H,10H2,1H3,(H,19,20,22)(H2,21,23,24). The fraction of sp³-hybridized carbons (Fsp3) is 0.118. The van der Waals surface area contributed by atoms with Crippen molar-refractivity contribution in [1.29, 1.82) is 0 Å². The number of halogens is 1. The molecule has 0 fully saturated rings. The first kappa shape index (κ1) is 16.8. The van der Waals surface area contributed by atoms with Gasteiger partial charge >= 0.3 is 6.03 Å². The summed E-state index contributed by atoms with van der Waals surface area (Å²) >= 11 is 1.42. The van der Waals surface area contributed by atoms with E-state index in [4.69, 9.17) is 0 Å². The lowest BCUT2D eigenvalue weighted by atomic mass is 10.2. The largest absolute Gasteiger partial charge is 0.357 e. The first-order chi connectivity index (χ1) is 12.1. The fourth-order valence-electron chi connectivity index (χ4n) is 2.10. The lowest BCUT2D eigenvalue weighted by molar-refractivity contribution is 0.252. The summed E-state index contributed by atoms with van der Waals surface area (Å²) in [5.41, 5.74) is 1.60. The Morgan fingerprint density at radius 1 is 1.16 bits per heavy atom. The SMILES string of the molecule is CNc1nccc(-c2ccc(NC(=O)NCc3ccc(F)cc3)s2)n1. The van der Waals surface area contributed by atoms with Gasteiger partial charge in [0.25, 0.3) is 0 Å². The van der Waals surface area contributed by atoms with Gasteiger partial charge in [0, 0.05) is 19.8 Å². The van der Waals surface area contributed by atoms with Gasteiger partial charge in [0.2, 0.25) is 5.95 Å². The molecule has 6 nitrogen and oxygen atoms in total. The molecule has 3 rings (SSSR count). The Morgan fingerprint density at radius 2 is 1.96 bits per heavy atom. The van der Waals surface area contributed by atoms with Crippen molar-refractivity contribution in [1.82, 2.24) is 15.3 Å². The summed E-state index contributed by atoms with van der Waals surface area (Å²) in [5, 5.41) is 9.11. The van der Waals surface area contributed by atoms with Crippen LogP contribution in [0.4, 0.5) is 20.1 Å². The normalized spacial score (nSPS) is 10.3. The molecule has 0 unspecified atom stereocenters. The first-order valence-corrected chi connectivity index (χ1v) is 8.36. The van der Waals surface area contributed by atoms with Crippen LogP contribution in [0.2, 0.25) is 0 Å². The second-order valence-electron chi connectivity index (χ2n) is 5.11. The van der Waals surface area contributed by atoms with Crippen LogP contribution < -0.4 is 16.0 Å². The highest BCUT2D eigenvalue weighted by Crippen LogP contribution is 2.30. The Balaban J connectivity index is 1.58. The monoisotopic (exact) mass is 357 g/mol. The first-order valence-electron chi connectivity index (χ1n) is 7.54. The zero-order valence-corrected chi connectivity index (χ0v) is 14.2. The third-order valence-electron chi connectivity index (χ3n) is 3.34. The molecular formula is C17H16FN5OS. The number of hydrogen-bond acceptors (Lipinski definition) is 5. The highest BCUT2D eigenvalue weighted by atomic mass is 32.1. The number of rotatable bonds is 5. The summed E-state index contributed by atoms with van der Waals surface area (Å²) in [7, 11) is 1.76. The van der Waals surface area contributed by atoms with Crippen LogP contribution in [0.5, 0.6) is 0 Å². The van der Waals surface area contributed by atoms with Crippen molar-refractivity contribution in [2.75, 3.05) is 17.7 Å². The van der Waals surface area contributed by atoms with Gasteiger partial charge in [0.1, 0.15) is 5.82 Å². The average Bonchev–Trinajstić information content (AvgIpc) is 3.10. The van der Waals surface area contributed by atoms with E-state index >= 15 is 0 Å². The summed E-state index contributed by atoms with van der Waals surface area (Å²) in [6.45, 7) is 0.321. The molecule has 1 aromatic carbocycles. The van der Waals surface area contributed by atoms with Crippen LogP contribution in [0.1, 0.15) is 5.56 Å². The molecule has 2 amide bonds. The molecule has 0 spiro atoms. The molecule has 2 aromatic heterocycles. The average molecular weight is 357 g/mol. The van der Waals surface area contributed by atoms with Crippen molar-refractivity contribution in [3.05, 3.63) is 60.0 Å². The summed E-state index contributed by atoms with van der Waals surface area (Å²) in [6, 6.07) is 11.2.